The first-order valence-electron chi connectivity index (χ1n) is 10.4. The summed E-state index contributed by atoms with van der Waals surface area (Å²) in [5, 5.41) is 9.13. The highest BCUT2D eigenvalue weighted by atomic mass is 19.4. The number of aromatic nitrogens is 4. The van der Waals surface area contributed by atoms with Gasteiger partial charge in [-0.1, -0.05) is 26.0 Å². The highest BCUT2D eigenvalue weighted by molar-refractivity contribution is 5.92. The van der Waals surface area contributed by atoms with Gasteiger partial charge in [0.05, 0.1) is 0 Å². The minimum absolute atomic E-state index is 0.0742. The standard InChI is InChI=1S/C22H25F3N6O2/c1-12(2)19(33)28-16-7-5-15(6-8-16)11-26-18(32)10-9-17-13(3)27-21-29-20(22(23,24)25)30-31(21)14(17)4/h5-8,12H,9-11H2,1-4H3,(H,26,32)(H,28,33). The van der Waals surface area contributed by atoms with Crippen molar-refractivity contribution in [3.05, 3.63) is 52.6 Å². The molecule has 3 aromatic rings. The molecule has 0 saturated heterocycles. The van der Waals surface area contributed by atoms with E-state index in [0.717, 1.165) is 10.1 Å². The number of benzene rings is 1. The molecule has 2 N–H and O–H groups in total. The number of halogens is 3. The van der Waals surface area contributed by atoms with Crippen molar-refractivity contribution < 1.29 is 22.8 Å². The van der Waals surface area contributed by atoms with Crippen LogP contribution in [0.2, 0.25) is 0 Å². The first-order chi connectivity index (χ1) is 15.5. The number of hydrogen-bond donors (Lipinski definition) is 2. The molecule has 2 heterocycles. The molecule has 0 radical (unpaired) electrons. The molecule has 0 fully saturated rings. The highest BCUT2D eigenvalue weighted by Gasteiger charge is 2.37. The zero-order valence-corrected chi connectivity index (χ0v) is 18.7. The molecule has 0 saturated carbocycles. The molecule has 33 heavy (non-hydrogen) atoms. The van der Waals surface area contributed by atoms with E-state index in [1.165, 1.54) is 0 Å². The predicted octanol–water partition coefficient (Wildman–Crippen LogP) is 3.60. The fourth-order valence-electron chi connectivity index (χ4n) is 3.21. The summed E-state index contributed by atoms with van der Waals surface area (Å²) in [5.41, 5.74) is 3.17. The molecule has 8 nitrogen and oxygen atoms in total. The fraction of sp³-hybridized carbons (Fsp3) is 0.409. The first kappa shape index (κ1) is 24.1. The lowest BCUT2D eigenvalue weighted by atomic mass is 10.1. The number of amides is 2. The number of carbonyl (C=O) groups is 2. The van der Waals surface area contributed by atoms with Crippen LogP contribution in [0.4, 0.5) is 18.9 Å². The van der Waals surface area contributed by atoms with Crippen LogP contribution in [-0.4, -0.2) is 31.4 Å². The van der Waals surface area contributed by atoms with Gasteiger partial charge >= 0.3 is 6.18 Å². The molecule has 0 aliphatic heterocycles. The Morgan fingerprint density at radius 2 is 1.76 bits per heavy atom. The first-order valence-corrected chi connectivity index (χ1v) is 10.4. The minimum Gasteiger partial charge on any atom is -0.352 e. The van der Waals surface area contributed by atoms with Gasteiger partial charge in [-0.05, 0) is 43.5 Å². The molecule has 0 bridgehead atoms. The third-order valence-corrected chi connectivity index (χ3v) is 5.14. The molecule has 2 aromatic heterocycles. The summed E-state index contributed by atoms with van der Waals surface area (Å²) in [7, 11) is 0. The number of hydrogen-bond acceptors (Lipinski definition) is 5. The van der Waals surface area contributed by atoms with Gasteiger partial charge in [0.15, 0.2) is 0 Å². The van der Waals surface area contributed by atoms with Gasteiger partial charge in [-0.25, -0.2) is 9.50 Å². The number of rotatable bonds is 7. The van der Waals surface area contributed by atoms with Gasteiger partial charge in [0, 0.05) is 36.0 Å². The number of anilines is 1. The van der Waals surface area contributed by atoms with Crippen LogP contribution in [0.3, 0.4) is 0 Å². The topological polar surface area (TPSA) is 101 Å². The van der Waals surface area contributed by atoms with Crippen LogP contribution in [0.1, 0.15) is 48.6 Å². The number of alkyl halides is 3. The zero-order chi connectivity index (χ0) is 24.3. The third kappa shape index (κ3) is 5.85. The van der Waals surface area contributed by atoms with Crippen LogP contribution in [0.25, 0.3) is 5.78 Å². The molecular formula is C22H25F3N6O2. The van der Waals surface area contributed by atoms with E-state index in [1.807, 2.05) is 26.0 Å². The van der Waals surface area contributed by atoms with Gasteiger partial charge < -0.3 is 10.6 Å². The SMILES string of the molecule is Cc1nc2nc(C(F)(F)F)nn2c(C)c1CCC(=O)NCc1ccc(NC(=O)C(C)C)cc1. The average molecular weight is 462 g/mol. The maximum Gasteiger partial charge on any atom is 0.453 e. The van der Waals surface area contributed by atoms with Crippen molar-refractivity contribution in [2.24, 2.45) is 5.92 Å². The predicted molar refractivity (Wildman–Crippen MR) is 115 cm³/mol. The molecule has 0 aliphatic carbocycles. The van der Waals surface area contributed by atoms with Gasteiger partial charge in [0.25, 0.3) is 11.6 Å². The molecular weight excluding hydrogens is 437 g/mol. The van der Waals surface area contributed by atoms with Gasteiger partial charge in [-0.2, -0.15) is 18.2 Å². The maximum atomic E-state index is 12.9. The Morgan fingerprint density at radius 1 is 1.09 bits per heavy atom. The van der Waals surface area contributed by atoms with Crippen LogP contribution < -0.4 is 10.6 Å². The molecule has 176 valence electrons. The Bertz CT molecular complexity index is 1170. The summed E-state index contributed by atoms with van der Waals surface area (Å²) >= 11 is 0. The number of aryl methyl sites for hydroxylation is 2. The quantitative estimate of drug-likeness (QED) is 0.559. The Labute approximate surface area is 188 Å². The normalized spacial score (nSPS) is 11.8. The van der Waals surface area contributed by atoms with Gasteiger partial charge in [-0.3, -0.25) is 9.59 Å². The Kier molecular flexibility index (Phi) is 6.99. The van der Waals surface area contributed by atoms with E-state index < -0.39 is 12.0 Å². The second-order valence-corrected chi connectivity index (χ2v) is 8.02. The minimum atomic E-state index is -4.66. The molecule has 2 amide bonds. The number of fused-ring (bicyclic) bond motifs is 1. The second kappa shape index (κ2) is 9.55. The van der Waals surface area contributed by atoms with Gasteiger partial charge in [0.2, 0.25) is 11.8 Å². The van der Waals surface area contributed by atoms with Crippen molar-refractivity contribution in [2.75, 3.05) is 5.32 Å². The lowest BCUT2D eigenvalue weighted by Gasteiger charge is -2.11. The summed E-state index contributed by atoms with van der Waals surface area (Å²) in [5.74, 6) is -1.78. The molecule has 0 aliphatic rings. The lowest BCUT2D eigenvalue weighted by molar-refractivity contribution is -0.144. The van der Waals surface area contributed by atoms with Crippen LogP contribution in [0, 0.1) is 19.8 Å². The summed E-state index contributed by atoms with van der Waals surface area (Å²) < 4.78 is 39.8. The van der Waals surface area contributed by atoms with Crippen LogP contribution in [-0.2, 0) is 28.7 Å². The summed E-state index contributed by atoms with van der Waals surface area (Å²) in [6, 6.07) is 7.15. The zero-order valence-electron chi connectivity index (χ0n) is 18.7. The van der Waals surface area contributed by atoms with Crippen LogP contribution in [0.5, 0.6) is 0 Å². The van der Waals surface area contributed by atoms with Crippen molar-refractivity contribution in [3.8, 4) is 0 Å². The Morgan fingerprint density at radius 3 is 2.36 bits per heavy atom. The Hall–Kier alpha value is -3.50. The Balaban J connectivity index is 1.59. The summed E-state index contributed by atoms with van der Waals surface area (Å²) in [4.78, 5) is 31.6. The largest absolute Gasteiger partial charge is 0.453 e. The highest BCUT2D eigenvalue weighted by Crippen LogP contribution is 2.27. The van der Waals surface area contributed by atoms with E-state index >= 15 is 0 Å². The van der Waals surface area contributed by atoms with E-state index in [2.05, 4.69) is 25.7 Å². The van der Waals surface area contributed by atoms with Crippen LogP contribution >= 0.6 is 0 Å². The number of carbonyl (C=O) groups excluding carboxylic acids is 2. The van der Waals surface area contributed by atoms with Gasteiger partial charge in [0.1, 0.15) is 0 Å². The van der Waals surface area contributed by atoms with E-state index in [-0.39, 0.29) is 29.9 Å². The molecule has 11 heteroatoms. The third-order valence-electron chi connectivity index (χ3n) is 5.14. The molecule has 0 unspecified atom stereocenters. The van der Waals surface area contributed by atoms with Crippen molar-refractivity contribution in [3.63, 3.8) is 0 Å². The maximum absolute atomic E-state index is 12.9. The van der Waals surface area contributed by atoms with Crippen molar-refractivity contribution in [1.82, 2.24) is 24.9 Å². The van der Waals surface area contributed by atoms with E-state index in [9.17, 15) is 22.8 Å². The van der Waals surface area contributed by atoms with Crippen molar-refractivity contribution in [2.45, 2.75) is 53.3 Å². The second-order valence-electron chi connectivity index (χ2n) is 8.02. The molecule has 0 atom stereocenters. The summed E-state index contributed by atoms with van der Waals surface area (Å²) in [6.07, 6.45) is -4.22. The molecule has 1 aromatic carbocycles. The fourth-order valence-corrected chi connectivity index (χ4v) is 3.21. The lowest BCUT2D eigenvalue weighted by Crippen LogP contribution is -2.23. The van der Waals surface area contributed by atoms with Crippen molar-refractivity contribution >= 4 is 23.3 Å². The van der Waals surface area contributed by atoms with E-state index in [1.54, 1.807) is 26.0 Å². The van der Waals surface area contributed by atoms with Crippen molar-refractivity contribution in [1.29, 1.82) is 0 Å². The van der Waals surface area contributed by atoms with E-state index in [4.69, 9.17) is 0 Å². The molecule has 0 spiro atoms. The van der Waals surface area contributed by atoms with E-state index in [0.29, 0.717) is 35.6 Å². The smallest absolute Gasteiger partial charge is 0.352 e. The monoisotopic (exact) mass is 462 g/mol. The average Bonchev–Trinajstić information content (AvgIpc) is 3.17. The molecule has 3 rings (SSSR count). The number of nitrogens with one attached hydrogen (secondary N) is 2. The van der Waals surface area contributed by atoms with Gasteiger partial charge in [-0.15, -0.1) is 5.10 Å². The van der Waals surface area contributed by atoms with Crippen LogP contribution in [0.15, 0.2) is 24.3 Å². The summed E-state index contributed by atoms with van der Waals surface area (Å²) in [6.45, 7) is 7.22. The number of nitrogens with zero attached hydrogens (tertiary/aromatic N) is 4.